The Morgan fingerprint density at radius 1 is 1.09 bits per heavy atom. The first kappa shape index (κ1) is 23.0. The summed E-state index contributed by atoms with van der Waals surface area (Å²) < 4.78 is 18.8. The second-order valence-corrected chi connectivity index (χ2v) is 8.60. The van der Waals surface area contributed by atoms with E-state index < -0.39 is 12.0 Å². The molecule has 174 valence electrons. The lowest BCUT2D eigenvalue weighted by molar-refractivity contribution is -0.139. The van der Waals surface area contributed by atoms with Gasteiger partial charge >= 0.3 is 12.0 Å². The van der Waals surface area contributed by atoms with Crippen LogP contribution in [0.25, 0.3) is 0 Å². The Labute approximate surface area is 193 Å². The molecule has 2 aliphatic heterocycles. The number of halogens is 1. The molecule has 0 radical (unpaired) electrons. The molecule has 0 aliphatic carbocycles. The van der Waals surface area contributed by atoms with Gasteiger partial charge in [0.25, 0.3) is 0 Å². The Balaban J connectivity index is 1.50. The second-order valence-electron chi connectivity index (χ2n) is 8.60. The molecule has 0 bridgehead atoms. The zero-order chi connectivity index (χ0) is 23.2. The van der Waals surface area contributed by atoms with Gasteiger partial charge in [-0.25, -0.2) is 14.0 Å². The standard InChI is InChI=1S/C26H30FN3O3/c1-2-33-25(31)23-22(28-26(32)29-24(23)20-8-10-21(27)11-9-20)17-30-14-12-19(13-15-30)16-18-6-4-3-5-7-18/h3-11,19,24H,2,12-17H2,1H3,(H2,28,29,32)/t24-/m0/s1. The van der Waals surface area contributed by atoms with Crippen molar-refractivity contribution in [3.63, 3.8) is 0 Å². The van der Waals surface area contributed by atoms with Crippen LogP contribution >= 0.6 is 0 Å². The minimum absolute atomic E-state index is 0.227. The van der Waals surface area contributed by atoms with Crippen LogP contribution < -0.4 is 10.6 Å². The monoisotopic (exact) mass is 451 g/mol. The highest BCUT2D eigenvalue weighted by Crippen LogP contribution is 2.29. The molecule has 2 aromatic carbocycles. The van der Waals surface area contributed by atoms with Crippen molar-refractivity contribution in [3.8, 4) is 0 Å². The number of benzene rings is 2. The summed E-state index contributed by atoms with van der Waals surface area (Å²) in [4.78, 5) is 27.6. The maximum absolute atomic E-state index is 13.5. The van der Waals surface area contributed by atoms with Gasteiger partial charge in [-0.05, 0) is 68.5 Å². The summed E-state index contributed by atoms with van der Waals surface area (Å²) in [5.74, 6) is -0.232. The molecular formula is C26H30FN3O3. The van der Waals surface area contributed by atoms with Crippen LogP contribution in [-0.4, -0.2) is 43.1 Å². The lowest BCUT2D eigenvalue weighted by atomic mass is 9.89. The third-order valence-corrected chi connectivity index (χ3v) is 6.31. The number of likely N-dealkylation sites (tertiary alicyclic amines) is 1. The molecule has 2 aromatic rings. The summed E-state index contributed by atoms with van der Waals surface area (Å²) in [5, 5.41) is 5.62. The van der Waals surface area contributed by atoms with Crippen LogP contribution in [-0.2, 0) is 16.0 Å². The van der Waals surface area contributed by atoms with Crippen LogP contribution in [0.1, 0.15) is 36.9 Å². The van der Waals surface area contributed by atoms with Gasteiger partial charge in [-0.3, -0.25) is 4.90 Å². The quantitative estimate of drug-likeness (QED) is 0.626. The number of nitrogens with one attached hydrogen (secondary N) is 2. The van der Waals surface area contributed by atoms with Crippen molar-refractivity contribution in [2.45, 2.75) is 32.2 Å². The van der Waals surface area contributed by atoms with Crippen LogP contribution in [0.4, 0.5) is 9.18 Å². The first-order chi connectivity index (χ1) is 16.0. The summed E-state index contributed by atoms with van der Waals surface area (Å²) in [7, 11) is 0. The highest BCUT2D eigenvalue weighted by molar-refractivity contribution is 5.95. The van der Waals surface area contributed by atoms with Gasteiger partial charge in [0, 0.05) is 12.2 Å². The third kappa shape index (κ3) is 5.79. The fourth-order valence-corrected chi connectivity index (χ4v) is 4.62. The Morgan fingerprint density at radius 3 is 2.45 bits per heavy atom. The molecule has 0 spiro atoms. The van der Waals surface area contributed by atoms with E-state index in [1.165, 1.54) is 17.7 Å². The number of nitrogens with zero attached hydrogens (tertiary/aromatic N) is 1. The van der Waals surface area contributed by atoms with E-state index in [1.807, 2.05) is 6.07 Å². The normalized spacial score (nSPS) is 19.7. The predicted molar refractivity (Wildman–Crippen MR) is 124 cm³/mol. The summed E-state index contributed by atoms with van der Waals surface area (Å²) in [6.45, 7) is 4.21. The van der Waals surface area contributed by atoms with Gasteiger partial charge in [-0.1, -0.05) is 42.5 Å². The van der Waals surface area contributed by atoms with Crippen molar-refractivity contribution in [1.82, 2.24) is 15.5 Å². The van der Waals surface area contributed by atoms with E-state index in [4.69, 9.17) is 4.74 Å². The Hall–Kier alpha value is -3.19. The van der Waals surface area contributed by atoms with Gasteiger partial charge in [-0.15, -0.1) is 0 Å². The number of carbonyl (C=O) groups excluding carboxylic acids is 2. The average Bonchev–Trinajstić information content (AvgIpc) is 2.81. The van der Waals surface area contributed by atoms with Crippen molar-refractivity contribution in [2.24, 2.45) is 5.92 Å². The number of rotatable bonds is 7. The number of ether oxygens (including phenoxy) is 1. The minimum Gasteiger partial charge on any atom is -0.463 e. The van der Waals surface area contributed by atoms with Crippen molar-refractivity contribution in [2.75, 3.05) is 26.2 Å². The summed E-state index contributed by atoms with van der Waals surface area (Å²) in [6.07, 6.45) is 3.19. The molecule has 33 heavy (non-hydrogen) atoms. The van der Waals surface area contributed by atoms with Gasteiger partial charge in [-0.2, -0.15) is 0 Å². The number of piperidine rings is 1. The van der Waals surface area contributed by atoms with Crippen LogP contribution in [0.3, 0.4) is 0 Å². The third-order valence-electron chi connectivity index (χ3n) is 6.31. The second kappa shape index (κ2) is 10.6. The number of esters is 1. The summed E-state index contributed by atoms with van der Waals surface area (Å²) in [6, 6.07) is 15.3. The summed E-state index contributed by atoms with van der Waals surface area (Å²) in [5.41, 5.74) is 2.91. The molecule has 2 aliphatic rings. The lowest BCUT2D eigenvalue weighted by Crippen LogP contribution is -2.49. The molecule has 4 rings (SSSR count). The molecule has 0 saturated carbocycles. The number of hydrogen-bond donors (Lipinski definition) is 2. The van der Waals surface area contributed by atoms with Gasteiger partial charge in [0.2, 0.25) is 0 Å². The van der Waals surface area contributed by atoms with E-state index in [-0.39, 0.29) is 18.5 Å². The molecule has 2 N–H and O–H groups in total. The van der Waals surface area contributed by atoms with E-state index in [1.54, 1.807) is 19.1 Å². The molecule has 0 aromatic heterocycles. The first-order valence-corrected chi connectivity index (χ1v) is 11.5. The molecule has 1 fully saturated rings. The molecule has 6 nitrogen and oxygen atoms in total. The molecule has 0 unspecified atom stereocenters. The zero-order valence-corrected chi connectivity index (χ0v) is 18.9. The van der Waals surface area contributed by atoms with Gasteiger partial charge < -0.3 is 15.4 Å². The van der Waals surface area contributed by atoms with Gasteiger partial charge in [0.05, 0.1) is 18.2 Å². The Bertz CT molecular complexity index is 999. The van der Waals surface area contributed by atoms with Crippen LogP contribution in [0.15, 0.2) is 65.9 Å². The number of amides is 2. The SMILES string of the molecule is CCOC(=O)C1=C(CN2CCC(Cc3ccccc3)CC2)NC(=O)N[C@H]1c1ccc(F)cc1. The highest BCUT2D eigenvalue weighted by atomic mass is 19.1. The van der Waals surface area contributed by atoms with Crippen molar-refractivity contribution >= 4 is 12.0 Å². The molecular weight excluding hydrogens is 421 g/mol. The number of carbonyl (C=O) groups is 2. The lowest BCUT2D eigenvalue weighted by Gasteiger charge is -2.35. The van der Waals surface area contributed by atoms with Crippen molar-refractivity contribution in [3.05, 3.63) is 82.8 Å². The molecule has 2 amide bonds. The molecule has 2 heterocycles. The maximum atomic E-state index is 13.5. The van der Waals surface area contributed by atoms with E-state index in [0.717, 1.165) is 32.4 Å². The topological polar surface area (TPSA) is 70.7 Å². The van der Waals surface area contributed by atoms with Gasteiger partial charge in [0.1, 0.15) is 5.82 Å². The van der Waals surface area contributed by atoms with Crippen molar-refractivity contribution in [1.29, 1.82) is 0 Å². The maximum Gasteiger partial charge on any atom is 0.338 e. The fraction of sp³-hybridized carbons (Fsp3) is 0.385. The van der Waals surface area contributed by atoms with Gasteiger partial charge in [0.15, 0.2) is 0 Å². The Kier molecular flexibility index (Phi) is 7.40. The average molecular weight is 452 g/mol. The highest BCUT2D eigenvalue weighted by Gasteiger charge is 2.34. The number of urea groups is 1. The molecule has 7 heteroatoms. The molecule has 1 atom stereocenters. The van der Waals surface area contributed by atoms with Crippen LogP contribution in [0.2, 0.25) is 0 Å². The van der Waals surface area contributed by atoms with Crippen molar-refractivity contribution < 1.29 is 18.7 Å². The van der Waals surface area contributed by atoms with Crippen LogP contribution in [0, 0.1) is 11.7 Å². The van der Waals surface area contributed by atoms with Crippen LogP contribution in [0.5, 0.6) is 0 Å². The van der Waals surface area contributed by atoms with E-state index in [0.29, 0.717) is 29.3 Å². The minimum atomic E-state index is -0.691. The molecule has 1 saturated heterocycles. The Morgan fingerprint density at radius 2 is 1.79 bits per heavy atom. The fourth-order valence-electron chi connectivity index (χ4n) is 4.62. The first-order valence-electron chi connectivity index (χ1n) is 11.5. The predicted octanol–water partition coefficient (Wildman–Crippen LogP) is 3.95. The summed E-state index contributed by atoms with van der Waals surface area (Å²) >= 11 is 0. The largest absolute Gasteiger partial charge is 0.463 e. The number of hydrogen-bond acceptors (Lipinski definition) is 4. The van der Waals surface area contributed by atoms with E-state index >= 15 is 0 Å². The van der Waals surface area contributed by atoms with E-state index in [9.17, 15) is 14.0 Å². The van der Waals surface area contributed by atoms with E-state index in [2.05, 4.69) is 39.8 Å². The zero-order valence-electron chi connectivity index (χ0n) is 18.9. The smallest absolute Gasteiger partial charge is 0.338 e.